The van der Waals surface area contributed by atoms with Crippen LogP contribution in [0.15, 0.2) is 34.8 Å². The molecule has 5 heterocycles. The third kappa shape index (κ3) is 4.67. The molecule has 3 saturated heterocycles. The maximum Gasteiger partial charge on any atom is 0.411 e. The van der Waals surface area contributed by atoms with Crippen molar-refractivity contribution in [3.8, 4) is 6.01 Å². The Morgan fingerprint density at radius 2 is 1.95 bits per heavy atom. The first-order valence-corrected chi connectivity index (χ1v) is 14.1. The fourth-order valence-electron chi connectivity index (χ4n) is 6.36. The van der Waals surface area contributed by atoms with Crippen LogP contribution < -0.4 is 9.64 Å². The number of benzene rings is 1. The zero-order valence-electron chi connectivity index (χ0n) is 22.3. The van der Waals surface area contributed by atoms with E-state index >= 15 is 4.39 Å². The number of carbonyl (C=O) groups is 1. The van der Waals surface area contributed by atoms with Crippen molar-refractivity contribution in [2.45, 2.75) is 63.3 Å². The fourth-order valence-corrected chi connectivity index (χ4v) is 6.66. The van der Waals surface area contributed by atoms with E-state index in [4.69, 9.17) is 14.5 Å². The van der Waals surface area contributed by atoms with Crippen molar-refractivity contribution in [2.24, 2.45) is 0 Å². The van der Waals surface area contributed by atoms with Gasteiger partial charge in [-0.1, -0.05) is 24.3 Å². The van der Waals surface area contributed by atoms with Gasteiger partial charge in [0.1, 0.15) is 29.4 Å². The number of fused-ring (bicyclic) bond motifs is 4. The molecule has 8 nitrogen and oxygen atoms in total. The van der Waals surface area contributed by atoms with Gasteiger partial charge in [0.25, 0.3) is 0 Å². The van der Waals surface area contributed by atoms with Crippen LogP contribution in [0, 0.1) is 11.6 Å². The SMILES string of the molecule is C=C1CN2CCCC2(COc2nc(N3CC4C=CC(C3)N4C(=O)OC(C)(C)C)c3cc(F)c(Br)c(F)c3n2)C1. The number of anilines is 1. The van der Waals surface area contributed by atoms with E-state index < -0.39 is 23.3 Å². The van der Waals surface area contributed by atoms with Gasteiger partial charge in [-0.2, -0.15) is 9.97 Å². The van der Waals surface area contributed by atoms with Gasteiger partial charge in [-0.3, -0.25) is 9.80 Å². The summed E-state index contributed by atoms with van der Waals surface area (Å²) in [6.07, 6.45) is 6.46. The maximum absolute atomic E-state index is 15.3. The molecule has 208 valence electrons. The van der Waals surface area contributed by atoms with Gasteiger partial charge in [-0.25, -0.2) is 13.6 Å². The van der Waals surface area contributed by atoms with Crippen LogP contribution in [0.1, 0.15) is 40.0 Å². The third-order valence-electron chi connectivity index (χ3n) is 7.98. The number of rotatable bonds is 4. The van der Waals surface area contributed by atoms with Gasteiger partial charge in [0.2, 0.25) is 0 Å². The predicted molar refractivity (Wildman–Crippen MR) is 147 cm³/mol. The smallest absolute Gasteiger partial charge is 0.411 e. The highest BCUT2D eigenvalue weighted by atomic mass is 79.9. The molecule has 0 aliphatic carbocycles. The summed E-state index contributed by atoms with van der Waals surface area (Å²) in [5, 5.41) is 0.251. The molecule has 0 spiro atoms. The number of hydrogen-bond donors (Lipinski definition) is 0. The van der Waals surface area contributed by atoms with Gasteiger partial charge in [0.05, 0.1) is 22.1 Å². The molecule has 4 aliphatic heterocycles. The van der Waals surface area contributed by atoms with Crippen LogP contribution in [0.3, 0.4) is 0 Å². The number of carbonyl (C=O) groups excluding carboxylic acids is 1. The lowest BCUT2D eigenvalue weighted by Gasteiger charge is -2.42. The molecule has 2 bridgehead atoms. The van der Waals surface area contributed by atoms with Crippen molar-refractivity contribution >= 4 is 38.7 Å². The lowest BCUT2D eigenvalue weighted by molar-refractivity contribution is 0.0146. The topological polar surface area (TPSA) is 71.0 Å². The van der Waals surface area contributed by atoms with E-state index in [-0.39, 0.29) is 39.0 Å². The summed E-state index contributed by atoms with van der Waals surface area (Å²) < 4.78 is 41.6. The second-order valence-corrected chi connectivity index (χ2v) is 12.8. The van der Waals surface area contributed by atoms with Crippen LogP contribution in [-0.4, -0.2) is 81.9 Å². The Labute approximate surface area is 234 Å². The molecule has 2 aromatic rings. The third-order valence-corrected chi connectivity index (χ3v) is 8.71. The second kappa shape index (κ2) is 9.40. The molecule has 0 N–H and O–H groups in total. The van der Waals surface area contributed by atoms with E-state index in [0.29, 0.717) is 25.5 Å². The summed E-state index contributed by atoms with van der Waals surface area (Å²) in [7, 11) is 0. The van der Waals surface area contributed by atoms with Crippen LogP contribution in [-0.2, 0) is 4.74 Å². The highest BCUT2D eigenvalue weighted by Crippen LogP contribution is 2.42. The Morgan fingerprint density at radius 1 is 1.23 bits per heavy atom. The molecule has 39 heavy (non-hydrogen) atoms. The van der Waals surface area contributed by atoms with Crippen molar-refractivity contribution in [1.82, 2.24) is 19.8 Å². The van der Waals surface area contributed by atoms with Gasteiger partial charge in [0.15, 0.2) is 5.82 Å². The van der Waals surface area contributed by atoms with Crippen LogP contribution >= 0.6 is 15.9 Å². The highest BCUT2D eigenvalue weighted by Gasteiger charge is 2.47. The van der Waals surface area contributed by atoms with Gasteiger partial charge in [-0.05, 0) is 68.6 Å². The monoisotopic (exact) mass is 603 g/mol. The van der Waals surface area contributed by atoms with Crippen LogP contribution in [0.25, 0.3) is 10.9 Å². The van der Waals surface area contributed by atoms with E-state index in [9.17, 15) is 9.18 Å². The largest absolute Gasteiger partial charge is 0.461 e. The van der Waals surface area contributed by atoms with Crippen molar-refractivity contribution < 1.29 is 23.0 Å². The standard InChI is InChI=1S/C28H32BrF2N5O3/c1-16-11-28(8-5-9-35(28)12-16)15-38-25-32-23-19(10-20(30)21(29)22(23)31)24(33-25)34-13-17-6-7-18(14-34)36(17)26(37)39-27(2,3)4/h6-7,10,17-18H,1,5,8-9,11-15H2,2-4H3. The van der Waals surface area contributed by atoms with Crippen molar-refractivity contribution in [1.29, 1.82) is 0 Å². The fraction of sp³-hybridized carbons (Fsp3) is 0.536. The Kier molecular flexibility index (Phi) is 6.37. The minimum atomic E-state index is -0.804. The van der Waals surface area contributed by atoms with Gasteiger partial charge < -0.3 is 14.4 Å². The Balaban J connectivity index is 1.32. The average Bonchev–Trinajstić information content (AvgIpc) is 3.47. The lowest BCUT2D eigenvalue weighted by Crippen LogP contribution is -2.57. The Hall–Kier alpha value is -2.79. The van der Waals surface area contributed by atoms with E-state index in [2.05, 4.69) is 32.4 Å². The van der Waals surface area contributed by atoms with Gasteiger partial charge in [-0.15, -0.1) is 0 Å². The number of aromatic nitrogens is 2. The number of nitrogens with zero attached hydrogens (tertiary/aromatic N) is 5. The molecule has 3 atom stereocenters. The molecule has 3 unspecified atom stereocenters. The summed E-state index contributed by atoms with van der Waals surface area (Å²) in [6.45, 7) is 12.6. The number of hydrogen-bond acceptors (Lipinski definition) is 7. The summed E-state index contributed by atoms with van der Waals surface area (Å²) in [5.41, 5.74) is 0.384. The first-order valence-electron chi connectivity index (χ1n) is 13.3. The lowest BCUT2D eigenvalue weighted by atomic mass is 9.94. The van der Waals surface area contributed by atoms with E-state index in [1.807, 2.05) is 37.8 Å². The zero-order chi connectivity index (χ0) is 27.7. The van der Waals surface area contributed by atoms with E-state index in [1.54, 1.807) is 4.90 Å². The second-order valence-electron chi connectivity index (χ2n) is 12.0. The molecule has 1 aromatic carbocycles. The normalized spacial score (nSPS) is 26.6. The van der Waals surface area contributed by atoms with E-state index in [1.165, 1.54) is 11.6 Å². The minimum absolute atomic E-state index is 0.0187. The maximum atomic E-state index is 15.3. The number of ether oxygens (including phenoxy) is 2. The van der Waals surface area contributed by atoms with Crippen LogP contribution in [0.4, 0.5) is 19.4 Å². The predicted octanol–water partition coefficient (Wildman–Crippen LogP) is 5.21. The van der Waals surface area contributed by atoms with Crippen molar-refractivity contribution in [2.75, 3.05) is 37.7 Å². The van der Waals surface area contributed by atoms with Crippen molar-refractivity contribution in [3.63, 3.8) is 0 Å². The average molecular weight is 604 g/mol. The number of amides is 1. The summed E-state index contributed by atoms with van der Waals surface area (Å²) in [5.74, 6) is -1.17. The quantitative estimate of drug-likeness (QED) is 0.351. The molecule has 4 aliphatic rings. The zero-order valence-corrected chi connectivity index (χ0v) is 23.9. The van der Waals surface area contributed by atoms with Crippen LogP contribution in [0.5, 0.6) is 6.01 Å². The summed E-state index contributed by atoms with van der Waals surface area (Å²) in [4.78, 5) is 28.0. The molecular formula is C28H32BrF2N5O3. The minimum Gasteiger partial charge on any atom is -0.461 e. The molecule has 1 aromatic heterocycles. The summed E-state index contributed by atoms with van der Waals surface area (Å²) in [6, 6.07) is 0.751. The highest BCUT2D eigenvalue weighted by molar-refractivity contribution is 9.10. The summed E-state index contributed by atoms with van der Waals surface area (Å²) >= 11 is 3.01. The van der Waals surface area contributed by atoms with Crippen molar-refractivity contribution in [3.05, 3.63) is 46.5 Å². The number of piperazine rings is 1. The Morgan fingerprint density at radius 3 is 2.64 bits per heavy atom. The first-order chi connectivity index (χ1) is 18.4. The first kappa shape index (κ1) is 26.4. The molecule has 1 amide bonds. The molecule has 6 rings (SSSR count). The molecule has 3 fully saturated rings. The molecule has 11 heteroatoms. The molecular weight excluding hydrogens is 572 g/mol. The van der Waals surface area contributed by atoms with Gasteiger partial charge >= 0.3 is 12.1 Å². The van der Waals surface area contributed by atoms with Crippen LogP contribution in [0.2, 0.25) is 0 Å². The Bertz CT molecular complexity index is 1380. The number of halogens is 3. The van der Waals surface area contributed by atoms with E-state index in [0.717, 1.165) is 32.4 Å². The molecule has 0 saturated carbocycles. The molecule has 0 radical (unpaired) electrons. The van der Waals surface area contributed by atoms with Gasteiger partial charge in [0, 0.05) is 25.0 Å².